The van der Waals surface area contributed by atoms with Crippen LogP contribution in [-0.4, -0.2) is 16.0 Å². The Morgan fingerprint density at radius 1 is 1.42 bits per heavy atom. The minimum Gasteiger partial charge on any atom is -0.366 e. The molecule has 3 heteroatoms. The highest BCUT2D eigenvalue weighted by molar-refractivity contribution is 5.29. The van der Waals surface area contributed by atoms with Crippen molar-refractivity contribution in [2.75, 3.05) is 5.32 Å². The molecule has 0 amide bonds. The lowest BCUT2D eigenvalue weighted by atomic mass is 10.2. The fourth-order valence-electron chi connectivity index (χ4n) is 1.02. The van der Waals surface area contributed by atoms with Gasteiger partial charge in [0.05, 0.1) is 0 Å². The van der Waals surface area contributed by atoms with Crippen LogP contribution in [0, 0.1) is 6.20 Å². The van der Waals surface area contributed by atoms with E-state index < -0.39 is 0 Å². The van der Waals surface area contributed by atoms with Crippen LogP contribution < -0.4 is 5.32 Å². The van der Waals surface area contributed by atoms with Crippen LogP contribution >= 0.6 is 0 Å². The molecule has 0 aliphatic rings. The normalized spacial score (nSPS) is 10.2. The average molecular weight is 164 g/mol. The average Bonchev–Trinajstić information content (AvgIpc) is 2.16. The van der Waals surface area contributed by atoms with E-state index in [2.05, 4.69) is 35.3 Å². The van der Waals surface area contributed by atoms with Gasteiger partial charge < -0.3 is 5.32 Å². The lowest BCUT2D eigenvalue weighted by molar-refractivity contribution is 0.667. The molecule has 0 spiro atoms. The second-order valence-corrected chi connectivity index (χ2v) is 2.67. The van der Waals surface area contributed by atoms with E-state index in [0.29, 0.717) is 6.04 Å². The van der Waals surface area contributed by atoms with Crippen molar-refractivity contribution >= 4 is 5.82 Å². The van der Waals surface area contributed by atoms with E-state index in [1.165, 1.54) is 0 Å². The number of rotatable bonds is 4. The number of nitrogens with one attached hydrogen (secondary N) is 1. The van der Waals surface area contributed by atoms with Gasteiger partial charge in [-0.15, -0.1) is 0 Å². The minimum absolute atomic E-state index is 0.484. The molecule has 0 unspecified atom stereocenters. The topological polar surface area (TPSA) is 37.8 Å². The zero-order valence-electron chi connectivity index (χ0n) is 7.54. The largest absolute Gasteiger partial charge is 0.366 e. The van der Waals surface area contributed by atoms with Crippen molar-refractivity contribution in [2.24, 2.45) is 0 Å². The molecule has 0 fully saturated rings. The molecule has 0 aliphatic heterocycles. The SMILES string of the molecule is CCC(CC)Nc1[c]nccn1. The Morgan fingerprint density at radius 2 is 2.17 bits per heavy atom. The molecule has 65 valence electrons. The first-order chi connectivity index (χ1) is 5.86. The molecule has 1 rings (SSSR count). The van der Waals surface area contributed by atoms with Crippen LogP contribution in [-0.2, 0) is 0 Å². The number of nitrogens with zero attached hydrogens (tertiary/aromatic N) is 2. The Kier molecular flexibility index (Phi) is 3.51. The van der Waals surface area contributed by atoms with Crippen LogP contribution in [0.4, 0.5) is 5.82 Å². The fourth-order valence-corrected chi connectivity index (χ4v) is 1.02. The standard InChI is InChI=1S/C9H14N3/c1-3-8(4-2)12-9-7-10-5-6-11-9/h5-6,8H,3-4H2,1-2H3,(H,11,12). The second kappa shape index (κ2) is 4.70. The van der Waals surface area contributed by atoms with Gasteiger partial charge in [0.2, 0.25) is 0 Å². The molecule has 1 aromatic rings. The first-order valence-electron chi connectivity index (χ1n) is 4.32. The first kappa shape index (κ1) is 8.97. The lowest BCUT2D eigenvalue weighted by Crippen LogP contribution is -2.17. The highest BCUT2D eigenvalue weighted by Crippen LogP contribution is 2.05. The Bertz CT molecular complexity index is 206. The zero-order chi connectivity index (χ0) is 8.81. The van der Waals surface area contributed by atoms with Crippen molar-refractivity contribution in [1.82, 2.24) is 9.97 Å². The van der Waals surface area contributed by atoms with Gasteiger partial charge in [0, 0.05) is 18.4 Å². The van der Waals surface area contributed by atoms with E-state index in [0.717, 1.165) is 18.7 Å². The predicted molar refractivity (Wildman–Crippen MR) is 48.9 cm³/mol. The van der Waals surface area contributed by atoms with E-state index in [4.69, 9.17) is 0 Å². The summed E-state index contributed by atoms with van der Waals surface area (Å²) >= 11 is 0. The Hall–Kier alpha value is -1.12. The molecule has 1 heterocycles. The maximum atomic E-state index is 4.09. The first-order valence-corrected chi connectivity index (χ1v) is 4.32. The van der Waals surface area contributed by atoms with Crippen LogP contribution in [0.2, 0.25) is 0 Å². The number of hydrogen-bond acceptors (Lipinski definition) is 3. The summed E-state index contributed by atoms with van der Waals surface area (Å²) < 4.78 is 0. The van der Waals surface area contributed by atoms with Crippen molar-refractivity contribution < 1.29 is 0 Å². The predicted octanol–water partition coefficient (Wildman–Crippen LogP) is 1.88. The van der Waals surface area contributed by atoms with E-state index in [-0.39, 0.29) is 0 Å². The molecule has 0 aromatic carbocycles. The van der Waals surface area contributed by atoms with Crippen LogP contribution in [0.25, 0.3) is 0 Å². The molecule has 12 heavy (non-hydrogen) atoms. The number of aromatic nitrogens is 2. The van der Waals surface area contributed by atoms with Crippen LogP contribution in [0.1, 0.15) is 26.7 Å². The van der Waals surface area contributed by atoms with Crippen molar-refractivity contribution in [3.05, 3.63) is 18.6 Å². The van der Waals surface area contributed by atoms with Gasteiger partial charge in [0.25, 0.3) is 0 Å². The summed E-state index contributed by atoms with van der Waals surface area (Å²) in [6, 6.07) is 0.484. The van der Waals surface area contributed by atoms with Gasteiger partial charge in [-0.25, -0.2) is 9.97 Å². The van der Waals surface area contributed by atoms with Gasteiger partial charge in [0.15, 0.2) is 5.82 Å². The second-order valence-electron chi connectivity index (χ2n) is 2.67. The van der Waals surface area contributed by atoms with E-state index >= 15 is 0 Å². The molecule has 0 saturated carbocycles. The van der Waals surface area contributed by atoms with Gasteiger partial charge in [-0.05, 0) is 12.8 Å². The summed E-state index contributed by atoms with van der Waals surface area (Å²) in [5, 5.41) is 3.25. The summed E-state index contributed by atoms with van der Waals surface area (Å²) in [6.07, 6.45) is 8.28. The quantitative estimate of drug-likeness (QED) is 0.738. The third-order valence-electron chi connectivity index (χ3n) is 1.84. The summed E-state index contributed by atoms with van der Waals surface area (Å²) in [7, 11) is 0. The van der Waals surface area contributed by atoms with Gasteiger partial charge in [-0.3, -0.25) is 0 Å². The molecular weight excluding hydrogens is 150 g/mol. The number of anilines is 1. The third-order valence-corrected chi connectivity index (χ3v) is 1.84. The van der Waals surface area contributed by atoms with Crippen molar-refractivity contribution in [3.63, 3.8) is 0 Å². The number of hydrogen-bond donors (Lipinski definition) is 1. The Morgan fingerprint density at radius 3 is 2.67 bits per heavy atom. The van der Waals surface area contributed by atoms with E-state index in [1.807, 2.05) is 0 Å². The van der Waals surface area contributed by atoms with Crippen molar-refractivity contribution in [3.8, 4) is 0 Å². The van der Waals surface area contributed by atoms with Crippen LogP contribution in [0.3, 0.4) is 0 Å². The van der Waals surface area contributed by atoms with Crippen LogP contribution in [0.15, 0.2) is 12.4 Å². The third kappa shape index (κ3) is 2.49. The summed E-state index contributed by atoms with van der Waals surface area (Å²) in [5.74, 6) is 0.742. The maximum Gasteiger partial charge on any atom is 0.154 e. The smallest absolute Gasteiger partial charge is 0.154 e. The van der Waals surface area contributed by atoms with Crippen molar-refractivity contribution in [1.29, 1.82) is 0 Å². The molecule has 1 radical (unpaired) electrons. The summed E-state index contributed by atoms with van der Waals surface area (Å²) in [5.41, 5.74) is 0. The van der Waals surface area contributed by atoms with Crippen LogP contribution in [0.5, 0.6) is 0 Å². The molecule has 1 N–H and O–H groups in total. The minimum atomic E-state index is 0.484. The Labute approximate surface area is 73.2 Å². The molecule has 0 aliphatic carbocycles. The highest BCUT2D eigenvalue weighted by atomic mass is 15.0. The summed E-state index contributed by atoms with van der Waals surface area (Å²) in [4.78, 5) is 7.94. The Balaban J connectivity index is 2.51. The zero-order valence-corrected chi connectivity index (χ0v) is 7.54. The highest BCUT2D eigenvalue weighted by Gasteiger charge is 2.02. The van der Waals surface area contributed by atoms with Crippen molar-refractivity contribution in [2.45, 2.75) is 32.7 Å². The molecule has 0 atom stereocenters. The fraction of sp³-hybridized carbons (Fsp3) is 0.556. The van der Waals surface area contributed by atoms with Gasteiger partial charge in [-0.1, -0.05) is 13.8 Å². The molecule has 1 aromatic heterocycles. The van der Waals surface area contributed by atoms with Gasteiger partial charge in [0.1, 0.15) is 6.20 Å². The molecular formula is C9H14N3. The molecule has 0 saturated heterocycles. The van der Waals surface area contributed by atoms with E-state index in [9.17, 15) is 0 Å². The molecule has 3 nitrogen and oxygen atoms in total. The maximum absolute atomic E-state index is 4.09. The molecule has 0 bridgehead atoms. The lowest BCUT2D eigenvalue weighted by Gasteiger charge is -2.13. The van der Waals surface area contributed by atoms with Gasteiger partial charge >= 0.3 is 0 Å². The monoisotopic (exact) mass is 164 g/mol. The van der Waals surface area contributed by atoms with E-state index in [1.54, 1.807) is 12.4 Å². The summed E-state index contributed by atoms with van der Waals surface area (Å²) in [6.45, 7) is 4.30. The van der Waals surface area contributed by atoms with Gasteiger partial charge in [-0.2, -0.15) is 0 Å².